The number of hydrogen-bond donors (Lipinski definition) is 1. The minimum Gasteiger partial charge on any atom is -0.354 e. The zero-order valence-corrected chi connectivity index (χ0v) is 12.6. The molecule has 0 saturated heterocycles. The molecule has 0 unspecified atom stereocenters. The summed E-state index contributed by atoms with van der Waals surface area (Å²) in [4.78, 5) is 6.08. The predicted octanol–water partition coefficient (Wildman–Crippen LogP) is 5.87. The second-order valence-electron chi connectivity index (χ2n) is 5.30. The van der Waals surface area contributed by atoms with E-state index >= 15 is 0 Å². The Morgan fingerprint density at radius 1 is 0.810 bits per heavy atom. The van der Waals surface area contributed by atoms with Gasteiger partial charge < -0.3 is 4.98 Å². The molecule has 0 aliphatic carbocycles. The van der Waals surface area contributed by atoms with Gasteiger partial charge >= 0.3 is 0 Å². The maximum Gasteiger partial charge on any atom is 0.0566 e. The molecule has 21 heavy (non-hydrogen) atoms. The Hall–Kier alpha value is -2.32. The van der Waals surface area contributed by atoms with Gasteiger partial charge in [-0.2, -0.15) is 0 Å². The molecule has 1 N–H and O–H groups in total. The third kappa shape index (κ3) is 2.28. The predicted molar refractivity (Wildman–Crippen MR) is 91.8 cm³/mol. The molecule has 4 rings (SSSR count). The monoisotopic (exact) mass is 289 g/mol. The van der Waals surface area contributed by atoms with Crippen LogP contribution in [0, 0.1) is 6.92 Å². The van der Waals surface area contributed by atoms with E-state index in [1.54, 1.807) is 0 Å². The normalized spacial score (nSPS) is 11.1. The second-order valence-corrected chi connectivity index (χ2v) is 6.38. The van der Waals surface area contributed by atoms with E-state index in [1.807, 2.05) is 11.3 Å². The van der Waals surface area contributed by atoms with E-state index in [1.165, 1.54) is 37.5 Å². The largest absolute Gasteiger partial charge is 0.354 e. The van der Waals surface area contributed by atoms with E-state index in [0.29, 0.717) is 0 Å². The van der Waals surface area contributed by atoms with Crippen LogP contribution in [-0.2, 0) is 0 Å². The Balaban J connectivity index is 1.75. The number of hydrogen-bond acceptors (Lipinski definition) is 1. The number of H-pyrrole nitrogens is 1. The van der Waals surface area contributed by atoms with Crippen LogP contribution in [0.1, 0.15) is 5.56 Å². The van der Waals surface area contributed by atoms with E-state index in [-0.39, 0.29) is 0 Å². The molecule has 2 heterocycles. The molecule has 2 heteroatoms. The van der Waals surface area contributed by atoms with E-state index in [9.17, 15) is 0 Å². The lowest BCUT2D eigenvalue weighted by Crippen LogP contribution is -1.73. The van der Waals surface area contributed by atoms with E-state index in [4.69, 9.17) is 0 Å². The second kappa shape index (κ2) is 4.90. The minimum absolute atomic E-state index is 1.19. The van der Waals surface area contributed by atoms with Gasteiger partial charge in [-0.05, 0) is 36.8 Å². The van der Waals surface area contributed by atoms with Crippen molar-refractivity contribution in [2.75, 3.05) is 0 Å². The number of thiophene rings is 1. The highest BCUT2D eigenvalue weighted by Crippen LogP contribution is 2.35. The molecule has 0 spiro atoms. The van der Waals surface area contributed by atoms with Gasteiger partial charge in [0.1, 0.15) is 0 Å². The number of benzene rings is 2. The summed E-state index contributed by atoms with van der Waals surface area (Å²) in [6, 6.07) is 23.7. The van der Waals surface area contributed by atoms with Crippen molar-refractivity contribution in [2.24, 2.45) is 0 Å². The Kier molecular flexibility index (Phi) is 2.90. The summed E-state index contributed by atoms with van der Waals surface area (Å²) in [6.45, 7) is 2.12. The highest BCUT2D eigenvalue weighted by Gasteiger charge is 2.07. The average Bonchev–Trinajstić information content (AvgIpc) is 3.14. The molecule has 0 aliphatic heterocycles. The van der Waals surface area contributed by atoms with Crippen LogP contribution in [0.15, 0.2) is 66.7 Å². The number of rotatable bonds is 2. The summed E-state index contributed by atoms with van der Waals surface area (Å²) in [6.07, 6.45) is 0. The molecule has 4 aromatic rings. The molecule has 0 fully saturated rings. The Labute approximate surface area is 127 Å². The summed E-state index contributed by atoms with van der Waals surface area (Å²) < 4.78 is 0. The number of aryl methyl sites for hydroxylation is 1. The molecule has 102 valence electrons. The zero-order chi connectivity index (χ0) is 14.2. The SMILES string of the molecule is Cc1ccc(-c2ccc(-c3cc4ccccc4[nH]3)s2)cc1. The van der Waals surface area contributed by atoms with Crippen LogP contribution in [0.5, 0.6) is 0 Å². The van der Waals surface area contributed by atoms with Gasteiger partial charge in [0, 0.05) is 15.8 Å². The molecule has 0 saturated carbocycles. The van der Waals surface area contributed by atoms with Crippen molar-refractivity contribution in [3.05, 3.63) is 72.3 Å². The van der Waals surface area contributed by atoms with Crippen molar-refractivity contribution in [3.8, 4) is 21.0 Å². The molecule has 0 atom stereocenters. The maximum absolute atomic E-state index is 3.50. The smallest absolute Gasteiger partial charge is 0.0566 e. The van der Waals surface area contributed by atoms with Crippen LogP contribution < -0.4 is 0 Å². The number of nitrogens with one attached hydrogen (secondary N) is 1. The Morgan fingerprint density at radius 3 is 2.38 bits per heavy atom. The number of aromatic amines is 1. The van der Waals surface area contributed by atoms with Gasteiger partial charge in [-0.3, -0.25) is 0 Å². The molecular weight excluding hydrogens is 274 g/mol. The van der Waals surface area contributed by atoms with Gasteiger partial charge in [-0.1, -0.05) is 48.0 Å². The third-order valence-corrected chi connectivity index (χ3v) is 4.91. The van der Waals surface area contributed by atoms with Crippen molar-refractivity contribution in [1.82, 2.24) is 4.98 Å². The van der Waals surface area contributed by atoms with Crippen LogP contribution in [0.2, 0.25) is 0 Å². The van der Waals surface area contributed by atoms with Crippen LogP contribution in [0.3, 0.4) is 0 Å². The molecule has 0 bridgehead atoms. The summed E-state index contributed by atoms with van der Waals surface area (Å²) in [5.41, 5.74) is 4.97. The van der Waals surface area contributed by atoms with Gasteiger partial charge in [0.2, 0.25) is 0 Å². The Bertz CT molecular complexity index is 864. The summed E-state index contributed by atoms with van der Waals surface area (Å²) in [5, 5.41) is 1.26. The molecular formula is C19H15NS. The van der Waals surface area contributed by atoms with Gasteiger partial charge in [0.05, 0.1) is 10.6 Å². The first-order valence-corrected chi connectivity index (χ1v) is 7.86. The van der Waals surface area contributed by atoms with E-state index in [2.05, 4.69) is 78.6 Å². The lowest BCUT2D eigenvalue weighted by Gasteiger charge is -1.97. The molecule has 1 nitrogen and oxygen atoms in total. The summed E-state index contributed by atoms with van der Waals surface area (Å²) in [7, 11) is 0. The minimum atomic E-state index is 1.19. The van der Waals surface area contributed by atoms with Crippen LogP contribution in [-0.4, -0.2) is 4.98 Å². The zero-order valence-electron chi connectivity index (χ0n) is 11.8. The quantitative estimate of drug-likeness (QED) is 0.475. The molecule has 0 amide bonds. The van der Waals surface area contributed by atoms with Crippen molar-refractivity contribution in [2.45, 2.75) is 6.92 Å². The fourth-order valence-electron chi connectivity index (χ4n) is 2.56. The first-order valence-electron chi connectivity index (χ1n) is 7.04. The number of fused-ring (bicyclic) bond motifs is 1. The lowest BCUT2D eigenvalue weighted by atomic mass is 10.1. The average molecular weight is 289 g/mol. The number of para-hydroxylation sites is 1. The van der Waals surface area contributed by atoms with Crippen molar-refractivity contribution >= 4 is 22.2 Å². The van der Waals surface area contributed by atoms with E-state index < -0.39 is 0 Å². The van der Waals surface area contributed by atoms with Crippen molar-refractivity contribution in [3.63, 3.8) is 0 Å². The van der Waals surface area contributed by atoms with Crippen LogP contribution in [0.25, 0.3) is 31.9 Å². The molecule has 2 aromatic heterocycles. The fourth-order valence-corrected chi connectivity index (χ4v) is 3.54. The summed E-state index contributed by atoms with van der Waals surface area (Å²) in [5.74, 6) is 0. The summed E-state index contributed by atoms with van der Waals surface area (Å²) >= 11 is 1.83. The molecule has 0 aliphatic rings. The number of aromatic nitrogens is 1. The van der Waals surface area contributed by atoms with Crippen molar-refractivity contribution in [1.29, 1.82) is 0 Å². The van der Waals surface area contributed by atoms with Gasteiger partial charge in [-0.15, -0.1) is 11.3 Å². The highest BCUT2D eigenvalue weighted by molar-refractivity contribution is 7.18. The van der Waals surface area contributed by atoms with Gasteiger partial charge in [-0.25, -0.2) is 0 Å². The van der Waals surface area contributed by atoms with E-state index in [0.717, 1.165) is 0 Å². The topological polar surface area (TPSA) is 15.8 Å². The molecule has 2 aromatic carbocycles. The first-order chi connectivity index (χ1) is 10.3. The Morgan fingerprint density at radius 2 is 1.57 bits per heavy atom. The third-order valence-electron chi connectivity index (χ3n) is 3.74. The van der Waals surface area contributed by atoms with Crippen LogP contribution in [0.4, 0.5) is 0 Å². The van der Waals surface area contributed by atoms with Crippen LogP contribution >= 0.6 is 11.3 Å². The van der Waals surface area contributed by atoms with Crippen molar-refractivity contribution < 1.29 is 0 Å². The molecule has 0 radical (unpaired) electrons. The lowest BCUT2D eigenvalue weighted by molar-refractivity contribution is 1.48. The standard InChI is InChI=1S/C19H15NS/c1-13-6-8-14(9-7-13)18-10-11-19(21-18)17-12-15-4-2-3-5-16(15)20-17/h2-12,20H,1H3. The first kappa shape index (κ1) is 12.4. The fraction of sp³-hybridized carbons (Fsp3) is 0.0526. The highest BCUT2D eigenvalue weighted by atomic mass is 32.1. The maximum atomic E-state index is 3.50. The van der Waals surface area contributed by atoms with Gasteiger partial charge in [0.25, 0.3) is 0 Å². The van der Waals surface area contributed by atoms with Gasteiger partial charge in [0.15, 0.2) is 0 Å².